The van der Waals surface area contributed by atoms with Crippen molar-refractivity contribution in [3.8, 4) is 0 Å². The number of allylic oxidation sites excluding steroid dienone is 2. The molecule has 0 aromatic carbocycles. The summed E-state index contributed by atoms with van der Waals surface area (Å²) in [4.78, 5) is 0. The molecule has 1 aliphatic carbocycles. The molecule has 0 aromatic heterocycles. The average molecular weight is 151 g/mol. The van der Waals surface area contributed by atoms with Crippen LogP contribution in [0.2, 0.25) is 0 Å². The molecule has 11 heavy (non-hydrogen) atoms. The van der Waals surface area contributed by atoms with E-state index in [1.165, 1.54) is 6.21 Å². The van der Waals surface area contributed by atoms with E-state index in [-0.39, 0.29) is 6.10 Å². The molecule has 1 atom stereocenters. The summed E-state index contributed by atoms with van der Waals surface area (Å²) in [6, 6.07) is 0. The first kappa shape index (κ1) is 8.21. The normalized spacial score (nSPS) is 24.0. The molecular weight excluding hydrogens is 138 g/mol. The third kappa shape index (κ3) is 1.57. The minimum atomic E-state index is 0.177. The van der Waals surface area contributed by atoms with Gasteiger partial charge in [-0.05, 0) is 24.5 Å². The Balaban J connectivity index is 2.87. The smallest absolute Gasteiger partial charge is 0.0822 e. The largest absolute Gasteiger partial charge is 0.377 e. The minimum Gasteiger partial charge on any atom is -0.377 e. The Labute approximate surface area is 67.1 Å². The number of methoxy groups -OCH3 is 1. The van der Waals surface area contributed by atoms with Crippen LogP contribution >= 0.6 is 0 Å². The molecule has 0 aliphatic heterocycles. The van der Waals surface area contributed by atoms with Gasteiger partial charge in [-0.3, -0.25) is 0 Å². The van der Waals surface area contributed by atoms with Gasteiger partial charge in [0.1, 0.15) is 0 Å². The molecule has 2 nitrogen and oxygen atoms in total. The van der Waals surface area contributed by atoms with Gasteiger partial charge in [-0.1, -0.05) is 12.2 Å². The minimum absolute atomic E-state index is 0.177. The van der Waals surface area contributed by atoms with Crippen LogP contribution in [0.5, 0.6) is 0 Å². The molecule has 0 saturated heterocycles. The van der Waals surface area contributed by atoms with E-state index in [0.717, 1.165) is 17.6 Å². The summed E-state index contributed by atoms with van der Waals surface area (Å²) in [7, 11) is 1.70. The second-order valence-electron chi connectivity index (χ2n) is 2.65. The molecule has 0 saturated carbocycles. The van der Waals surface area contributed by atoms with Crippen LogP contribution < -0.4 is 0 Å². The highest BCUT2D eigenvalue weighted by Crippen LogP contribution is 2.19. The molecule has 1 rings (SSSR count). The second kappa shape index (κ2) is 3.49. The fourth-order valence-electron chi connectivity index (χ4n) is 1.25. The molecule has 2 heteroatoms. The molecule has 0 radical (unpaired) electrons. The zero-order chi connectivity index (χ0) is 8.27. The molecule has 0 amide bonds. The van der Waals surface area contributed by atoms with Gasteiger partial charge < -0.3 is 10.1 Å². The molecule has 0 heterocycles. The van der Waals surface area contributed by atoms with Gasteiger partial charge in [0.05, 0.1) is 6.10 Å². The first-order valence-corrected chi connectivity index (χ1v) is 3.70. The maximum Gasteiger partial charge on any atom is 0.0822 e. The highest BCUT2D eigenvalue weighted by atomic mass is 16.5. The number of nitrogens with one attached hydrogen (secondary N) is 1. The summed E-state index contributed by atoms with van der Waals surface area (Å²) in [5, 5.41) is 7.10. The van der Waals surface area contributed by atoms with Crippen molar-refractivity contribution in [2.75, 3.05) is 7.11 Å². The van der Waals surface area contributed by atoms with E-state index in [9.17, 15) is 0 Å². The van der Waals surface area contributed by atoms with Crippen molar-refractivity contribution >= 4 is 6.21 Å². The van der Waals surface area contributed by atoms with Crippen LogP contribution in [-0.2, 0) is 4.74 Å². The Morgan fingerprint density at radius 3 is 3.00 bits per heavy atom. The SMILES string of the molecule is CO[C@H]1CC=CC(C=N)=C1C. The quantitative estimate of drug-likeness (QED) is 0.601. The van der Waals surface area contributed by atoms with E-state index in [4.69, 9.17) is 10.1 Å². The van der Waals surface area contributed by atoms with Gasteiger partial charge in [-0.2, -0.15) is 0 Å². The van der Waals surface area contributed by atoms with Gasteiger partial charge in [0.25, 0.3) is 0 Å². The topological polar surface area (TPSA) is 33.1 Å². The maximum absolute atomic E-state index is 7.10. The molecule has 0 spiro atoms. The van der Waals surface area contributed by atoms with Crippen molar-refractivity contribution in [1.29, 1.82) is 5.41 Å². The van der Waals surface area contributed by atoms with Gasteiger partial charge in [-0.15, -0.1) is 0 Å². The van der Waals surface area contributed by atoms with Crippen molar-refractivity contribution in [2.24, 2.45) is 0 Å². The molecule has 0 fully saturated rings. The predicted molar refractivity (Wildman–Crippen MR) is 46.0 cm³/mol. The lowest BCUT2D eigenvalue weighted by Crippen LogP contribution is -2.15. The van der Waals surface area contributed by atoms with Gasteiger partial charge in [0.2, 0.25) is 0 Å². The van der Waals surface area contributed by atoms with Gasteiger partial charge in [0, 0.05) is 13.3 Å². The lowest BCUT2D eigenvalue weighted by molar-refractivity contribution is 0.132. The number of rotatable bonds is 2. The van der Waals surface area contributed by atoms with E-state index < -0.39 is 0 Å². The fraction of sp³-hybridized carbons (Fsp3) is 0.444. The first-order chi connectivity index (χ1) is 5.29. The molecule has 0 unspecified atom stereocenters. The van der Waals surface area contributed by atoms with Crippen LogP contribution in [0.25, 0.3) is 0 Å². The Morgan fingerprint density at radius 1 is 1.73 bits per heavy atom. The summed E-state index contributed by atoms with van der Waals surface area (Å²) in [5.41, 5.74) is 2.13. The zero-order valence-corrected chi connectivity index (χ0v) is 6.92. The van der Waals surface area contributed by atoms with Gasteiger partial charge in [-0.25, -0.2) is 0 Å². The van der Waals surface area contributed by atoms with Crippen LogP contribution in [0.4, 0.5) is 0 Å². The van der Waals surface area contributed by atoms with Crippen molar-refractivity contribution in [1.82, 2.24) is 0 Å². The molecule has 60 valence electrons. The third-order valence-corrected chi connectivity index (χ3v) is 2.03. The van der Waals surface area contributed by atoms with E-state index in [1.54, 1.807) is 7.11 Å². The summed E-state index contributed by atoms with van der Waals surface area (Å²) in [6.45, 7) is 2.01. The van der Waals surface area contributed by atoms with Gasteiger partial charge >= 0.3 is 0 Å². The summed E-state index contributed by atoms with van der Waals surface area (Å²) in [6.07, 6.45) is 6.49. The molecule has 0 bridgehead atoms. The second-order valence-corrected chi connectivity index (χ2v) is 2.65. The van der Waals surface area contributed by atoms with Crippen LogP contribution in [0.3, 0.4) is 0 Å². The Morgan fingerprint density at radius 2 is 2.45 bits per heavy atom. The first-order valence-electron chi connectivity index (χ1n) is 3.70. The lowest BCUT2D eigenvalue weighted by Gasteiger charge is -2.19. The molecular formula is C9H13NO. The number of hydrogen-bond donors (Lipinski definition) is 1. The van der Waals surface area contributed by atoms with Crippen molar-refractivity contribution < 1.29 is 4.74 Å². The Kier molecular flexibility index (Phi) is 2.60. The van der Waals surface area contributed by atoms with E-state index in [0.29, 0.717) is 0 Å². The van der Waals surface area contributed by atoms with Crippen LogP contribution in [0, 0.1) is 5.41 Å². The van der Waals surface area contributed by atoms with Crippen LogP contribution in [-0.4, -0.2) is 19.4 Å². The van der Waals surface area contributed by atoms with Crippen molar-refractivity contribution in [3.05, 3.63) is 23.3 Å². The number of hydrogen-bond acceptors (Lipinski definition) is 2. The highest BCUT2D eigenvalue weighted by molar-refractivity contribution is 5.81. The van der Waals surface area contributed by atoms with Gasteiger partial charge in [0.15, 0.2) is 0 Å². The van der Waals surface area contributed by atoms with E-state index >= 15 is 0 Å². The summed E-state index contributed by atoms with van der Waals surface area (Å²) < 4.78 is 5.22. The van der Waals surface area contributed by atoms with Crippen LogP contribution in [0.1, 0.15) is 13.3 Å². The standard InChI is InChI=1S/C9H13NO/c1-7-8(6-10)4-3-5-9(7)11-2/h3-4,6,9-10H,5H2,1-2H3/t9-/m0/s1. The van der Waals surface area contributed by atoms with E-state index in [2.05, 4.69) is 0 Å². The third-order valence-electron chi connectivity index (χ3n) is 2.03. The van der Waals surface area contributed by atoms with Crippen molar-refractivity contribution in [3.63, 3.8) is 0 Å². The summed E-state index contributed by atoms with van der Waals surface area (Å²) >= 11 is 0. The fourth-order valence-corrected chi connectivity index (χ4v) is 1.25. The van der Waals surface area contributed by atoms with E-state index in [1.807, 2.05) is 19.1 Å². The maximum atomic E-state index is 7.10. The molecule has 1 N–H and O–H groups in total. The predicted octanol–water partition coefficient (Wildman–Crippen LogP) is 1.93. The average Bonchev–Trinajstić information content (AvgIpc) is 2.05. The lowest BCUT2D eigenvalue weighted by atomic mass is 9.97. The highest BCUT2D eigenvalue weighted by Gasteiger charge is 2.13. The summed E-state index contributed by atoms with van der Waals surface area (Å²) in [5.74, 6) is 0. The van der Waals surface area contributed by atoms with Crippen molar-refractivity contribution in [2.45, 2.75) is 19.4 Å². The molecule has 1 aliphatic rings. The zero-order valence-electron chi connectivity index (χ0n) is 6.92. The monoisotopic (exact) mass is 151 g/mol. The Hall–Kier alpha value is -0.890. The number of ether oxygens (including phenoxy) is 1. The van der Waals surface area contributed by atoms with Crippen LogP contribution in [0.15, 0.2) is 23.3 Å². The Bertz CT molecular complexity index is 216. The molecule has 0 aromatic rings.